The molecule has 0 bridgehead atoms. The summed E-state index contributed by atoms with van der Waals surface area (Å²) < 4.78 is 10.7. The largest absolute Gasteiger partial charge is 0.494 e. The molecule has 0 unspecified atom stereocenters. The maximum absolute atomic E-state index is 11.9. The number of anilines is 1. The first kappa shape index (κ1) is 22.2. The lowest BCUT2D eigenvalue weighted by Gasteiger charge is -2.19. The normalized spacial score (nSPS) is 10.9. The van der Waals surface area contributed by atoms with Crippen LogP contribution in [0.5, 0.6) is 5.75 Å². The van der Waals surface area contributed by atoms with Crippen LogP contribution >= 0.6 is 11.8 Å². The van der Waals surface area contributed by atoms with Crippen LogP contribution in [0.3, 0.4) is 0 Å². The Morgan fingerprint density at radius 2 is 1.85 bits per heavy atom. The van der Waals surface area contributed by atoms with E-state index in [-0.39, 0.29) is 5.91 Å². The first-order chi connectivity index (χ1) is 12.3. The van der Waals surface area contributed by atoms with Gasteiger partial charge in [0.2, 0.25) is 5.91 Å². The Labute approximate surface area is 160 Å². The minimum absolute atomic E-state index is 0.0769. The molecule has 0 aromatic heterocycles. The number of benzene rings is 1. The predicted molar refractivity (Wildman–Crippen MR) is 107 cm³/mol. The Bertz CT molecular complexity index is 556. The fourth-order valence-electron chi connectivity index (χ4n) is 1.87. The standard InChI is InChI=1S/C19H30N2O4S/c1-5-6-12-24-16-9-7-15(8-10-16)21-17(22)14-26-13-11-20-18(23)25-19(2,3)4/h7-10H,5-6,11-14H2,1-4H3,(H,20,23)(H,21,22). The SMILES string of the molecule is CCCCOc1ccc(NC(=O)CSCCNC(=O)OC(C)(C)C)cc1. The van der Waals surface area contributed by atoms with Crippen molar-refractivity contribution in [1.29, 1.82) is 0 Å². The number of amides is 2. The molecule has 7 heteroatoms. The van der Waals surface area contributed by atoms with E-state index in [2.05, 4.69) is 17.6 Å². The maximum Gasteiger partial charge on any atom is 0.407 e. The molecule has 0 spiro atoms. The molecular weight excluding hydrogens is 352 g/mol. The highest BCUT2D eigenvalue weighted by atomic mass is 32.2. The lowest BCUT2D eigenvalue weighted by molar-refractivity contribution is -0.113. The molecule has 0 atom stereocenters. The van der Waals surface area contributed by atoms with E-state index >= 15 is 0 Å². The van der Waals surface area contributed by atoms with Crippen molar-refractivity contribution in [2.75, 3.05) is 30.0 Å². The second-order valence-corrected chi connectivity index (χ2v) is 7.86. The number of alkyl carbamates (subject to hydrolysis) is 1. The Kier molecular flexibility index (Phi) is 9.95. The van der Waals surface area contributed by atoms with Crippen LogP contribution in [0.15, 0.2) is 24.3 Å². The number of carbonyl (C=O) groups is 2. The van der Waals surface area contributed by atoms with Gasteiger partial charge in [-0.25, -0.2) is 4.79 Å². The summed E-state index contributed by atoms with van der Waals surface area (Å²) in [5.41, 5.74) is 0.235. The first-order valence-electron chi connectivity index (χ1n) is 8.87. The molecule has 6 nitrogen and oxygen atoms in total. The van der Waals surface area contributed by atoms with Crippen molar-refractivity contribution in [3.8, 4) is 5.75 Å². The van der Waals surface area contributed by atoms with E-state index in [1.165, 1.54) is 11.8 Å². The topological polar surface area (TPSA) is 76.7 Å². The van der Waals surface area contributed by atoms with Crippen LogP contribution in [-0.2, 0) is 9.53 Å². The molecule has 0 saturated carbocycles. The van der Waals surface area contributed by atoms with Gasteiger partial charge < -0.3 is 20.1 Å². The monoisotopic (exact) mass is 382 g/mol. The molecule has 1 rings (SSSR count). The Morgan fingerprint density at radius 3 is 2.46 bits per heavy atom. The van der Waals surface area contributed by atoms with Gasteiger partial charge in [0.15, 0.2) is 0 Å². The molecule has 0 radical (unpaired) electrons. The van der Waals surface area contributed by atoms with Crippen molar-refractivity contribution in [3.05, 3.63) is 24.3 Å². The van der Waals surface area contributed by atoms with Crippen LogP contribution in [0.25, 0.3) is 0 Å². The summed E-state index contributed by atoms with van der Waals surface area (Å²) in [6, 6.07) is 7.36. The van der Waals surface area contributed by atoms with Crippen molar-refractivity contribution in [1.82, 2.24) is 5.32 Å². The fraction of sp³-hybridized carbons (Fsp3) is 0.579. The summed E-state index contributed by atoms with van der Waals surface area (Å²) in [6.45, 7) is 8.72. The zero-order chi connectivity index (χ0) is 19.4. The summed E-state index contributed by atoms with van der Waals surface area (Å²) in [5, 5.41) is 5.50. The number of unbranched alkanes of at least 4 members (excludes halogenated alkanes) is 1. The molecule has 26 heavy (non-hydrogen) atoms. The smallest absolute Gasteiger partial charge is 0.407 e. The number of hydrogen-bond donors (Lipinski definition) is 2. The van der Waals surface area contributed by atoms with Gasteiger partial charge in [-0.2, -0.15) is 11.8 Å². The van der Waals surface area contributed by atoms with Crippen molar-refractivity contribution < 1.29 is 19.1 Å². The predicted octanol–water partition coefficient (Wildman–Crippen LogP) is 4.06. The van der Waals surface area contributed by atoms with E-state index in [9.17, 15) is 9.59 Å². The number of hydrogen-bond acceptors (Lipinski definition) is 5. The molecule has 2 N–H and O–H groups in total. The first-order valence-corrected chi connectivity index (χ1v) is 10.0. The van der Waals surface area contributed by atoms with Crippen LogP contribution in [-0.4, -0.2) is 42.3 Å². The molecule has 146 valence electrons. The zero-order valence-corrected chi connectivity index (χ0v) is 16.9. The van der Waals surface area contributed by atoms with Gasteiger partial charge in [-0.15, -0.1) is 0 Å². The number of rotatable bonds is 10. The third kappa shape index (κ3) is 10.9. The van der Waals surface area contributed by atoms with Gasteiger partial charge in [0, 0.05) is 18.0 Å². The average Bonchev–Trinajstić information content (AvgIpc) is 2.55. The molecule has 0 heterocycles. The van der Waals surface area contributed by atoms with E-state index in [1.807, 2.05) is 45.0 Å². The summed E-state index contributed by atoms with van der Waals surface area (Å²) in [4.78, 5) is 23.4. The van der Waals surface area contributed by atoms with Crippen LogP contribution in [0.4, 0.5) is 10.5 Å². The summed E-state index contributed by atoms with van der Waals surface area (Å²) in [6.07, 6.45) is 1.68. The Balaban J connectivity index is 2.17. The van der Waals surface area contributed by atoms with Crippen molar-refractivity contribution in [2.24, 2.45) is 0 Å². The molecule has 1 aromatic carbocycles. The van der Waals surface area contributed by atoms with Crippen LogP contribution in [0.2, 0.25) is 0 Å². The third-order valence-corrected chi connectivity index (χ3v) is 4.01. The van der Waals surface area contributed by atoms with Gasteiger partial charge >= 0.3 is 6.09 Å². The van der Waals surface area contributed by atoms with E-state index in [0.717, 1.165) is 24.3 Å². The van der Waals surface area contributed by atoms with E-state index < -0.39 is 11.7 Å². The molecule has 0 fully saturated rings. The highest BCUT2D eigenvalue weighted by molar-refractivity contribution is 7.99. The summed E-state index contributed by atoms with van der Waals surface area (Å²) >= 11 is 1.45. The van der Waals surface area contributed by atoms with Gasteiger partial charge in [-0.3, -0.25) is 4.79 Å². The highest BCUT2D eigenvalue weighted by Crippen LogP contribution is 2.16. The Hall–Kier alpha value is -1.89. The summed E-state index contributed by atoms with van der Waals surface area (Å²) in [5.74, 6) is 1.69. The number of thioether (sulfide) groups is 1. The van der Waals surface area contributed by atoms with Gasteiger partial charge in [0.25, 0.3) is 0 Å². The van der Waals surface area contributed by atoms with Gasteiger partial charge in [0.05, 0.1) is 12.4 Å². The highest BCUT2D eigenvalue weighted by Gasteiger charge is 2.15. The number of ether oxygens (including phenoxy) is 2. The minimum atomic E-state index is -0.506. The van der Waals surface area contributed by atoms with Gasteiger partial charge in [0.1, 0.15) is 11.4 Å². The van der Waals surface area contributed by atoms with E-state index in [1.54, 1.807) is 0 Å². The summed E-state index contributed by atoms with van der Waals surface area (Å²) in [7, 11) is 0. The molecule has 1 aromatic rings. The molecule has 0 aliphatic carbocycles. The van der Waals surface area contributed by atoms with E-state index in [4.69, 9.17) is 9.47 Å². The van der Waals surface area contributed by atoms with Gasteiger partial charge in [-0.1, -0.05) is 13.3 Å². The van der Waals surface area contributed by atoms with Crippen molar-refractivity contribution in [2.45, 2.75) is 46.1 Å². The molecule has 0 aliphatic rings. The molecule has 2 amide bonds. The molecular formula is C19H30N2O4S. The van der Waals surface area contributed by atoms with E-state index in [0.29, 0.717) is 24.7 Å². The number of carbonyl (C=O) groups excluding carboxylic acids is 2. The number of nitrogens with one attached hydrogen (secondary N) is 2. The van der Waals surface area contributed by atoms with Crippen molar-refractivity contribution in [3.63, 3.8) is 0 Å². The molecule has 0 aliphatic heterocycles. The quantitative estimate of drug-likeness (QED) is 0.597. The van der Waals surface area contributed by atoms with Gasteiger partial charge in [-0.05, 0) is 51.5 Å². The zero-order valence-electron chi connectivity index (χ0n) is 16.1. The molecule has 0 saturated heterocycles. The maximum atomic E-state index is 11.9. The average molecular weight is 383 g/mol. The van der Waals surface area contributed by atoms with Crippen LogP contribution in [0.1, 0.15) is 40.5 Å². The fourth-order valence-corrected chi connectivity index (χ4v) is 2.52. The Morgan fingerprint density at radius 1 is 1.15 bits per heavy atom. The van der Waals surface area contributed by atoms with Crippen LogP contribution < -0.4 is 15.4 Å². The van der Waals surface area contributed by atoms with Crippen molar-refractivity contribution >= 4 is 29.4 Å². The second-order valence-electron chi connectivity index (χ2n) is 6.76. The minimum Gasteiger partial charge on any atom is -0.494 e. The lowest BCUT2D eigenvalue weighted by atomic mass is 10.2. The third-order valence-electron chi connectivity index (χ3n) is 3.05. The second kappa shape index (κ2) is 11.7. The van der Waals surface area contributed by atoms with Crippen LogP contribution in [0, 0.1) is 0 Å². The lowest BCUT2D eigenvalue weighted by Crippen LogP contribution is -2.33.